The number of carbonyl (C=O) groups excluding carboxylic acids is 1. The first-order chi connectivity index (χ1) is 9.55. The maximum absolute atomic E-state index is 12.2. The molecule has 2 fully saturated rings. The first kappa shape index (κ1) is 16.6. The molecule has 3 atom stereocenters. The predicted molar refractivity (Wildman–Crippen MR) is 81.9 cm³/mol. The molecule has 0 aromatic carbocycles. The minimum absolute atomic E-state index is 0.331. The Balaban J connectivity index is 2.04. The zero-order valence-electron chi connectivity index (χ0n) is 13.8. The van der Waals surface area contributed by atoms with E-state index in [4.69, 9.17) is 10.5 Å². The van der Waals surface area contributed by atoms with Crippen LogP contribution in [0.3, 0.4) is 0 Å². The quantitative estimate of drug-likeness (QED) is 0.778. The van der Waals surface area contributed by atoms with Gasteiger partial charge in [0.25, 0.3) is 0 Å². The summed E-state index contributed by atoms with van der Waals surface area (Å²) in [7, 11) is 0. The summed E-state index contributed by atoms with van der Waals surface area (Å²) < 4.78 is 5.41. The van der Waals surface area contributed by atoms with Gasteiger partial charge in [0, 0.05) is 13.1 Å². The normalized spacial score (nSPS) is 37.6. The van der Waals surface area contributed by atoms with Crippen molar-refractivity contribution in [3.8, 4) is 0 Å². The summed E-state index contributed by atoms with van der Waals surface area (Å²) in [4.78, 5) is 13.8. The fraction of sp³-hybridized carbons (Fsp3) is 0.938. The average molecular weight is 298 g/mol. The van der Waals surface area contributed by atoms with E-state index < -0.39 is 16.7 Å². The topological polar surface area (TPSA) is 75.8 Å². The summed E-state index contributed by atoms with van der Waals surface area (Å²) in [6, 6.07) is 0. The van der Waals surface area contributed by atoms with Crippen molar-refractivity contribution in [1.82, 2.24) is 4.90 Å². The molecular formula is C16H30N2O3. The summed E-state index contributed by atoms with van der Waals surface area (Å²) >= 11 is 0. The number of carbonyl (C=O) groups is 1. The molecule has 21 heavy (non-hydrogen) atoms. The van der Waals surface area contributed by atoms with E-state index >= 15 is 0 Å². The van der Waals surface area contributed by atoms with Gasteiger partial charge in [-0.3, -0.25) is 0 Å². The lowest BCUT2D eigenvalue weighted by Crippen LogP contribution is -2.63. The van der Waals surface area contributed by atoms with Crippen molar-refractivity contribution in [2.75, 3.05) is 13.1 Å². The minimum atomic E-state index is -0.860. The molecular weight excluding hydrogens is 268 g/mol. The number of amides is 1. The predicted octanol–water partition coefficient (Wildman–Crippen LogP) is 2.27. The molecule has 2 aliphatic rings. The molecule has 1 amide bonds. The lowest BCUT2D eigenvalue weighted by Gasteiger charge is -2.46. The van der Waals surface area contributed by atoms with Gasteiger partial charge in [-0.2, -0.15) is 0 Å². The van der Waals surface area contributed by atoms with Crippen LogP contribution in [0.15, 0.2) is 0 Å². The Bertz CT molecular complexity index is 407. The second-order valence-electron chi connectivity index (χ2n) is 8.04. The van der Waals surface area contributed by atoms with Crippen molar-refractivity contribution >= 4 is 6.09 Å². The highest BCUT2D eigenvalue weighted by Gasteiger charge is 2.53. The van der Waals surface area contributed by atoms with Crippen molar-refractivity contribution in [3.63, 3.8) is 0 Å². The molecule has 1 saturated carbocycles. The SMILES string of the molecule is CC1CCCC(O)(C2(N)CCN(C(=O)OC(C)(C)C)C2)C1. The summed E-state index contributed by atoms with van der Waals surface area (Å²) in [5.74, 6) is 0.486. The molecule has 1 aliphatic heterocycles. The number of nitrogens with zero attached hydrogens (tertiary/aromatic N) is 1. The van der Waals surface area contributed by atoms with Gasteiger partial charge in [0.1, 0.15) is 5.60 Å². The molecule has 1 saturated heterocycles. The summed E-state index contributed by atoms with van der Waals surface area (Å²) in [5, 5.41) is 11.0. The fourth-order valence-electron chi connectivity index (χ4n) is 3.67. The third-order valence-electron chi connectivity index (χ3n) is 4.85. The van der Waals surface area contributed by atoms with Gasteiger partial charge in [-0.25, -0.2) is 4.79 Å². The highest BCUT2D eigenvalue weighted by molar-refractivity contribution is 5.68. The van der Waals surface area contributed by atoms with Gasteiger partial charge in [-0.15, -0.1) is 0 Å². The summed E-state index contributed by atoms with van der Waals surface area (Å²) in [5.41, 5.74) is 4.45. The minimum Gasteiger partial charge on any atom is -0.444 e. The smallest absolute Gasteiger partial charge is 0.410 e. The first-order valence-electron chi connectivity index (χ1n) is 8.04. The van der Waals surface area contributed by atoms with Crippen LogP contribution >= 0.6 is 0 Å². The standard InChI is InChI=1S/C16H30N2O3/c1-12-6-5-7-16(20,10-12)15(17)8-9-18(11-15)13(19)21-14(2,3)4/h12,20H,5-11,17H2,1-4H3. The van der Waals surface area contributed by atoms with E-state index in [1.54, 1.807) is 4.90 Å². The van der Waals surface area contributed by atoms with Crippen LogP contribution in [0.5, 0.6) is 0 Å². The molecule has 5 heteroatoms. The number of hydrogen-bond donors (Lipinski definition) is 2. The Morgan fingerprint density at radius 3 is 2.62 bits per heavy atom. The Morgan fingerprint density at radius 2 is 2.05 bits per heavy atom. The van der Waals surface area contributed by atoms with Crippen LogP contribution in [0.25, 0.3) is 0 Å². The number of nitrogens with two attached hydrogens (primary N) is 1. The van der Waals surface area contributed by atoms with Gasteiger partial charge in [-0.05, 0) is 46.0 Å². The third kappa shape index (κ3) is 3.51. The van der Waals surface area contributed by atoms with Crippen molar-refractivity contribution in [2.24, 2.45) is 11.7 Å². The Hall–Kier alpha value is -0.810. The fourth-order valence-corrected chi connectivity index (χ4v) is 3.67. The van der Waals surface area contributed by atoms with Gasteiger partial charge >= 0.3 is 6.09 Å². The number of hydrogen-bond acceptors (Lipinski definition) is 4. The van der Waals surface area contributed by atoms with Crippen LogP contribution in [0.4, 0.5) is 4.79 Å². The Labute approximate surface area is 127 Å². The maximum atomic E-state index is 12.2. The highest BCUT2D eigenvalue weighted by Crippen LogP contribution is 2.42. The first-order valence-corrected chi connectivity index (χ1v) is 8.04. The van der Waals surface area contributed by atoms with Gasteiger partial charge in [0.05, 0.1) is 11.1 Å². The van der Waals surface area contributed by atoms with Crippen molar-refractivity contribution in [3.05, 3.63) is 0 Å². The molecule has 5 nitrogen and oxygen atoms in total. The molecule has 3 N–H and O–H groups in total. The van der Waals surface area contributed by atoms with Crippen LogP contribution in [0, 0.1) is 5.92 Å². The average Bonchev–Trinajstić information content (AvgIpc) is 2.71. The lowest BCUT2D eigenvalue weighted by atomic mass is 9.67. The largest absolute Gasteiger partial charge is 0.444 e. The summed E-state index contributed by atoms with van der Waals surface area (Å²) in [6.45, 7) is 8.66. The lowest BCUT2D eigenvalue weighted by molar-refractivity contribution is -0.0735. The Kier molecular flexibility index (Phi) is 4.28. The molecule has 0 aromatic heterocycles. The zero-order valence-corrected chi connectivity index (χ0v) is 13.8. The van der Waals surface area contributed by atoms with Gasteiger partial charge in [-0.1, -0.05) is 19.8 Å². The Morgan fingerprint density at radius 1 is 1.38 bits per heavy atom. The number of aliphatic hydroxyl groups is 1. The number of likely N-dealkylation sites (tertiary alicyclic amines) is 1. The van der Waals surface area contributed by atoms with E-state index in [2.05, 4.69) is 6.92 Å². The number of rotatable bonds is 1. The van der Waals surface area contributed by atoms with Gasteiger partial charge < -0.3 is 20.5 Å². The zero-order chi connectivity index (χ0) is 15.9. The van der Waals surface area contributed by atoms with E-state index in [0.29, 0.717) is 25.4 Å². The van der Waals surface area contributed by atoms with Crippen LogP contribution in [-0.4, -0.2) is 45.9 Å². The molecule has 0 radical (unpaired) electrons. The second-order valence-corrected chi connectivity index (χ2v) is 8.04. The van der Waals surface area contributed by atoms with Gasteiger partial charge in [0.15, 0.2) is 0 Å². The monoisotopic (exact) mass is 298 g/mol. The molecule has 0 spiro atoms. The molecule has 0 aromatic rings. The maximum Gasteiger partial charge on any atom is 0.410 e. The van der Waals surface area contributed by atoms with E-state index in [1.165, 1.54) is 0 Å². The van der Waals surface area contributed by atoms with Gasteiger partial charge in [0.2, 0.25) is 0 Å². The second kappa shape index (κ2) is 5.43. The van der Waals surface area contributed by atoms with E-state index in [1.807, 2.05) is 20.8 Å². The third-order valence-corrected chi connectivity index (χ3v) is 4.85. The van der Waals surface area contributed by atoms with Crippen molar-refractivity contribution in [1.29, 1.82) is 0 Å². The van der Waals surface area contributed by atoms with E-state index in [0.717, 1.165) is 25.7 Å². The molecule has 122 valence electrons. The van der Waals surface area contributed by atoms with Crippen molar-refractivity contribution < 1.29 is 14.6 Å². The van der Waals surface area contributed by atoms with E-state index in [9.17, 15) is 9.90 Å². The highest BCUT2D eigenvalue weighted by atomic mass is 16.6. The summed E-state index contributed by atoms with van der Waals surface area (Å²) in [6.07, 6.45) is 3.91. The molecule has 3 unspecified atom stereocenters. The molecule has 0 bridgehead atoms. The van der Waals surface area contributed by atoms with Crippen LogP contribution in [-0.2, 0) is 4.74 Å². The van der Waals surface area contributed by atoms with Crippen LogP contribution in [0.1, 0.15) is 59.8 Å². The molecule has 1 aliphatic carbocycles. The van der Waals surface area contributed by atoms with E-state index in [-0.39, 0.29) is 6.09 Å². The molecule has 2 rings (SSSR count). The molecule has 1 heterocycles. The van der Waals surface area contributed by atoms with Crippen LogP contribution < -0.4 is 5.73 Å². The van der Waals surface area contributed by atoms with Crippen LogP contribution in [0.2, 0.25) is 0 Å². The van der Waals surface area contributed by atoms with Crippen molar-refractivity contribution in [2.45, 2.75) is 76.5 Å². The number of ether oxygens (including phenoxy) is 1.